The molecule has 1 aromatic carbocycles. The Morgan fingerprint density at radius 2 is 2.22 bits per heavy atom. The molecule has 8 heteroatoms. The molecule has 0 aliphatic rings. The van der Waals surface area contributed by atoms with Crippen LogP contribution in [0.15, 0.2) is 34.4 Å². The maximum absolute atomic E-state index is 12.1. The van der Waals surface area contributed by atoms with Crippen LogP contribution in [0.5, 0.6) is 0 Å². The minimum atomic E-state index is -0.554. The Morgan fingerprint density at radius 1 is 1.43 bits per heavy atom. The molecule has 3 N–H and O–H groups in total. The van der Waals surface area contributed by atoms with Crippen LogP contribution in [-0.2, 0) is 6.54 Å². The minimum absolute atomic E-state index is 0.133. The Kier molecular flexibility index (Phi) is 4.06. The largest absolute Gasteiger partial charge is 0.379 e. The predicted octanol–water partition coefficient (Wildman–Crippen LogP) is 2.43. The number of carbonyl (C=O) groups excluding carboxylic acids is 1. The molecule has 0 saturated heterocycles. The molecule has 23 heavy (non-hydrogen) atoms. The van der Waals surface area contributed by atoms with Crippen molar-refractivity contribution in [2.45, 2.75) is 13.5 Å². The molecule has 2 aromatic heterocycles. The van der Waals surface area contributed by atoms with E-state index in [9.17, 15) is 9.59 Å². The number of halogens is 1. The summed E-state index contributed by atoms with van der Waals surface area (Å²) in [6, 6.07) is 6.23. The van der Waals surface area contributed by atoms with Gasteiger partial charge in [0, 0.05) is 27.9 Å². The van der Waals surface area contributed by atoms with Crippen LogP contribution < -0.4 is 16.6 Å². The fraction of sp³-hybridized carbons (Fsp3) is 0.133. The van der Waals surface area contributed by atoms with Crippen LogP contribution >= 0.6 is 22.9 Å². The van der Waals surface area contributed by atoms with Gasteiger partial charge in [0.1, 0.15) is 0 Å². The van der Waals surface area contributed by atoms with Crippen LogP contribution in [0, 0.1) is 6.92 Å². The highest BCUT2D eigenvalue weighted by Gasteiger charge is 2.10. The summed E-state index contributed by atoms with van der Waals surface area (Å²) < 4.78 is 1.56. The van der Waals surface area contributed by atoms with E-state index in [4.69, 9.17) is 17.3 Å². The van der Waals surface area contributed by atoms with Gasteiger partial charge in [-0.05, 0) is 25.1 Å². The molecule has 0 saturated carbocycles. The molecular weight excluding hydrogens is 336 g/mol. The molecule has 3 rings (SSSR count). The lowest BCUT2D eigenvalue weighted by molar-refractivity contribution is 0.100. The highest BCUT2D eigenvalue weighted by Crippen LogP contribution is 2.21. The lowest BCUT2D eigenvalue weighted by atomic mass is 10.1. The minimum Gasteiger partial charge on any atom is -0.379 e. The van der Waals surface area contributed by atoms with Gasteiger partial charge in [-0.1, -0.05) is 11.6 Å². The van der Waals surface area contributed by atoms with E-state index in [0.717, 1.165) is 5.69 Å². The van der Waals surface area contributed by atoms with Crippen molar-refractivity contribution in [1.29, 1.82) is 0 Å². The van der Waals surface area contributed by atoms with Crippen molar-refractivity contribution in [3.8, 4) is 0 Å². The summed E-state index contributed by atoms with van der Waals surface area (Å²) in [5.74, 6) is -0.554. The normalized spacial score (nSPS) is 10.9. The number of benzene rings is 1. The molecule has 0 aliphatic carbocycles. The number of carbonyl (C=O) groups is 1. The maximum Gasteiger partial charge on any atom is 0.259 e. The quantitative estimate of drug-likeness (QED) is 0.757. The number of primary amides is 1. The van der Waals surface area contributed by atoms with Crippen molar-refractivity contribution in [3.05, 3.63) is 62.0 Å². The summed E-state index contributed by atoms with van der Waals surface area (Å²) in [4.78, 5) is 28.6. The summed E-state index contributed by atoms with van der Waals surface area (Å²) in [6.07, 6.45) is 0. The number of hydrogen-bond acceptors (Lipinski definition) is 5. The van der Waals surface area contributed by atoms with Gasteiger partial charge >= 0.3 is 0 Å². The molecule has 0 unspecified atom stereocenters. The van der Waals surface area contributed by atoms with Crippen LogP contribution in [0.1, 0.15) is 21.7 Å². The first kappa shape index (κ1) is 15.5. The molecule has 1 amide bonds. The third-order valence-electron chi connectivity index (χ3n) is 3.34. The Labute approximate surface area is 140 Å². The van der Waals surface area contributed by atoms with Crippen LogP contribution in [0.25, 0.3) is 4.96 Å². The number of nitrogens with two attached hydrogens (primary N) is 1. The maximum atomic E-state index is 12.1. The van der Waals surface area contributed by atoms with E-state index in [1.807, 2.05) is 12.3 Å². The monoisotopic (exact) mass is 348 g/mol. The van der Waals surface area contributed by atoms with Crippen molar-refractivity contribution < 1.29 is 4.79 Å². The SMILES string of the molecule is Cc1csc2nc(CNc3cc(Cl)ccc3C(N)=O)cc(=O)n12. The van der Waals surface area contributed by atoms with Crippen molar-refractivity contribution in [2.75, 3.05) is 5.32 Å². The lowest BCUT2D eigenvalue weighted by Crippen LogP contribution is -2.18. The molecule has 2 heterocycles. The smallest absolute Gasteiger partial charge is 0.259 e. The van der Waals surface area contributed by atoms with Gasteiger partial charge in [0.05, 0.1) is 17.8 Å². The van der Waals surface area contributed by atoms with E-state index < -0.39 is 5.91 Å². The fourth-order valence-corrected chi connectivity index (χ4v) is 3.32. The van der Waals surface area contributed by atoms with Gasteiger partial charge in [0.15, 0.2) is 4.96 Å². The van der Waals surface area contributed by atoms with Crippen LogP contribution in [0.3, 0.4) is 0 Å². The molecule has 0 bridgehead atoms. The topological polar surface area (TPSA) is 89.5 Å². The van der Waals surface area contributed by atoms with Gasteiger partial charge in [-0.15, -0.1) is 11.3 Å². The van der Waals surface area contributed by atoms with Gasteiger partial charge < -0.3 is 11.1 Å². The van der Waals surface area contributed by atoms with Crippen LogP contribution in [-0.4, -0.2) is 15.3 Å². The number of amides is 1. The average Bonchev–Trinajstić information content (AvgIpc) is 2.86. The second-order valence-corrected chi connectivity index (χ2v) is 6.26. The summed E-state index contributed by atoms with van der Waals surface area (Å²) >= 11 is 7.35. The van der Waals surface area contributed by atoms with Gasteiger partial charge in [0.2, 0.25) is 0 Å². The number of nitrogens with one attached hydrogen (secondary N) is 1. The van der Waals surface area contributed by atoms with E-state index >= 15 is 0 Å². The second-order valence-electron chi connectivity index (χ2n) is 4.99. The van der Waals surface area contributed by atoms with E-state index in [1.54, 1.807) is 22.6 Å². The van der Waals surface area contributed by atoms with Crippen molar-refractivity contribution in [1.82, 2.24) is 9.38 Å². The Balaban J connectivity index is 1.91. The van der Waals surface area contributed by atoms with E-state index in [2.05, 4.69) is 10.3 Å². The number of aryl methyl sites for hydroxylation is 1. The number of fused-ring (bicyclic) bond motifs is 1. The highest BCUT2D eigenvalue weighted by atomic mass is 35.5. The van der Waals surface area contributed by atoms with E-state index in [1.165, 1.54) is 17.4 Å². The molecule has 3 aromatic rings. The summed E-state index contributed by atoms with van der Waals surface area (Å²) in [6.45, 7) is 2.14. The molecule has 0 fully saturated rings. The fourth-order valence-electron chi connectivity index (χ4n) is 2.25. The summed E-state index contributed by atoms with van der Waals surface area (Å²) in [5, 5.41) is 5.42. The average molecular weight is 349 g/mol. The molecule has 0 radical (unpaired) electrons. The predicted molar refractivity (Wildman–Crippen MR) is 91.4 cm³/mol. The molecular formula is C15H13ClN4O2S. The molecule has 6 nitrogen and oxygen atoms in total. The third kappa shape index (κ3) is 3.06. The zero-order valence-corrected chi connectivity index (χ0v) is 13.7. The number of thiazole rings is 1. The van der Waals surface area contributed by atoms with Gasteiger partial charge in [-0.25, -0.2) is 4.98 Å². The Bertz CT molecular complexity index is 964. The molecule has 0 aliphatic heterocycles. The van der Waals surface area contributed by atoms with E-state index in [-0.39, 0.29) is 12.1 Å². The first-order valence-corrected chi connectivity index (χ1v) is 8.01. The van der Waals surface area contributed by atoms with Crippen molar-refractivity contribution >= 4 is 39.5 Å². The van der Waals surface area contributed by atoms with Crippen molar-refractivity contribution in [3.63, 3.8) is 0 Å². The number of hydrogen-bond donors (Lipinski definition) is 2. The Morgan fingerprint density at radius 3 is 2.96 bits per heavy atom. The summed E-state index contributed by atoms with van der Waals surface area (Å²) in [7, 11) is 0. The third-order valence-corrected chi connectivity index (χ3v) is 4.51. The zero-order chi connectivity index (χ0) is 16.6. The van der Waals surface area contributed by atoms with Crippen LogP contribution in [0.4, 0.5) is 5.69 Å². The van der Waals surface area contributed by atoms with Gasteiger partial charge in [-0.2, -0.15) is 0 Å². The first-order valence-electron chi connectivity index (χ1n) is 6.75. The standard InChI is InChI=1S/C15H13ClN4O2S/c1-8-7-23-15-19-10(5-13(21)20(8)15)6-18-12-4-9(16)2-3-11(12)14(17)22/h2-5,7,18H,6H2,1H3,(H2,17,22). The number of aromatic nitrogens is 2. The van der Waals surface area contributed by atoms with E-state index in [0.29, 0.717) is 26.9 Å². The van der Waals surface area contributed by atoms with Gasteiger partial charge in [-0.3, -0.25) is 14.0 Å². The number of nitrogens with zero attached hydrogens (tertiary/aromatic N) is 2. The number of anilines is 1. The van der Waals surface area contributed by atoms with Gasteiger partial charge in [0.25, 0.3) is 11.5 Å². The lowest BCUT2D eigenvalue weighted by Gasteiger charge is -2.10. The molecule has 0 spiro atoms. The summed E-state index contributed by atoms with van der Waals surface area (Å²) in [5.41, 5.74) is 7.48. The first-order chi connectivity index (χ1) is 11.0. The molecule has 118 valence electrons. The van der Waals surface area contributed by atoms with Crippen LogP contribution in [0.2, 0.25) is 5.02 Å². The zero-order valence-electron chi connectivity index (χ0n) is 12.2. The second kappa shape index (κ2) is 6.02. The molecule has 0 atom stereocenters. The Hall–Kier alpha value is -2.38. The van der Waals surface area contributed by atoms with Crippen molar-refractivity contribution in [2.24, 2.45) is 5.73 Å². The highest BCUT2D eigenvalue weighted by molar-refractivity contribution is 7.15. The number of rotatable bonds is 4.